The maximum absolute atomic E-state index is 13.9. The minimum Gasteiger partial charge on any atom is -0.342 e. The summed E-state index contributed by atoms with van der Waals surface area (Å²) in [6.45, 7) is 6.02. The van der Waals surface area contributed by atoms with Crippen LogP contribution < -0.4 is 10.6 Å². The normalized spacial score (nSPS) is 30.4. The van der Waals surface area contributed by atoms with E-state index in [9.17, 15) is 9.59 Å². The van der Waals surface area contributed by atoms with Crippen LogP contribution in [-0.4, -0.2) is 78.8 Å². The number of aliphatic imine (C=N–C) groups is 1. The van der Waals surface area contributed by atoms with Gasteiger partial charge in [0.25, 0.3) is 5.91 Å². The number of amidine groups is 1. The summed E-state index contributed by atoms with van der Waals surface area (Å²) in [6, 6.07) is 8.68. The monoisotopic (exact) mass is 513 g/mol. The molecule has 2 aliphatic carbocycles. The molecule has 1 saturated carbocycles. The van der Waals surface area contributed by atoms with Gasteiger partial charge in [-0.2, -0.15) is 0 Å². The Balaban J connectivity index is 1.12. The number of piperidine rings is 2. The molecule has 7 rings (SSSR count). The van der Waals surface area contributed by atoms with Crippen LogP contribution >= 0.6 is 0 Å². The van der Waals surface area contributed by atoms with Crippen LogP contribution in [0.5, 0.6) is 0 Å². The summed E-state index contributed by atoms with van der Waals surface area (Å²) in [7, 11) is 0. The molecule has 7 nitrogen and oxygen atoms in total. The van der Waals surface area contributed by atoms with E-state index in [2.05, 4.69) is 53.1 Å². The highest BCUT2D eigenvalue weighted by Gasteiger charge is 2.49. The van der Waals surface area contributed by atoms with Crippen molar-refractivity contribution in [3.05, 3.63) is 53.6 Å². The van der Waals surface area contributed by atoms with E-state index in [4.69, 9.17) is 4.99 Å². The molecule has 1 spiro atoms. The third-order valence-electron chi connectivity index (χ3n) is 9.59. The molecule has 3 saturated heterocycles. The van der Waals surface area contributed by atoms with Crippen molar-refractivity contribution in [2.45, 2.75) is 44.1 Å². The van der Waals surface area contributed by atoms with Gasteiger partial charge in [-0.1, -0.05) is 42.5 Å². The van der Waals surface area contributed by atoms with Crippen molar-refractivity contribution in [2.24, 2.45) is 28.7 Å². The quantitative estimate of drug-likeness (QED) is 0.635. The maximum atomic E-state index is 13.9. The van der Waals surface area contributed by atoms with Gasteiger partial charge < -0.3 is 15.5 Å². The molecule has 0 unspecified atom stereocenters. The number of hydrogen-bond acceptors (Lipinski definition) is 5. The number of likely N-dealkylation sites (tertiary alicyclic amines) is 1. The number of amides is 2. The van der Waals surface area contributed by atoms with Crippen LogP contribution in [0.4, 0.5) is 0 Å². The zero-order valence-corrected chi connectivity index (χ0v) is 22.2. The number of carbonyl (C=O) groups excluding carboxylic acids is 2. The van der Waals surface area contributed by atoms with Crippen molar-refractivity contribution >= 4 is 23.2 Å². The Bertz CT molecular complexity index is 1190. The molecule has 7 heteroatoms. The van der Waals surface area contributed by atoms with Crippen molar-refractivity contribution in [1.29, 1.82) is 0 Å². The first kappa shape index (κ1) is 24.3. The van der Waals surface area contributed by atoms with Gasteiger partial charge in [-0.25, -0.2) is 0 Å². The molecule has 4 aliphatic heterocycles. The van der Waals surface area contributed by atoms with Crippen molar-refractivity contribution < 1.29 is 9.59 Å². The van der Waals surface area contributed by atoms with Crippen LogP contribution in [0.3, 0.4) is 0 Å². The second-order valence-electron chi connectivity index (χ2n) is 12.2. The van der Waals surface area contributed by atoms with Gasteiger partial charge in [0.05, 0.1) is 0 Å². The summed E-state index contributed by atoms with van der Waals surface area (Å²) >= 11 is 0. The molecule has 6 aliphatic rings. The lowest BCUT2D eigenvalue weighted by atomic mass is 9.80. The van der Waals surface area contributed by atoms with E-state index >= 15 is 0 Å². The van der Waals surface area contributed by atoms with Crippen LogP contribution in [-0.2, 0) is 9.59 Å². The maximum Gasteiger partial charge on any atom is 0.256 e. The lowest BCUT2D eigenvalue weighted by molar-refractivity contribution is -0.132. The van der Waals surface area contributed by atoms with Crippen molar-refractivity contribution in [1.82, 2.24) is 20.4 Å². The van der Waals surface area contributed by atoms with Gasteiger partial charge >= 0.3 is 0 Å². The number of nitrogens with zero attached hydrogens (tertiary/aromatic N) is 3. The van der Waals surface area contributed by atoms with Crippen LogP contribution in [0.25, 0.3) is 5.57 Å². The van der Waals surface area contributed by atoms with Gasteiger partial charge in [0, 0.05) is 37.7 Å². The number of allylic oxidation sites excluding steroid dienone is 3. The second kappa shape index (κ2) is 9.76. The third-order valence-corrected chi connectivity index (χ3v) is 9.59. The predicted molar refractivity (Wildman–Crippen MR) is 149 cm³/mol. The van der Waals surface area contributed by atoms with Crippen molar-refractivity contribution in [3.63, 3.8) is 0 Å². The molecule has 0 bridgehead atoms. The molecular weight excluding hydrogens is 474 g/mol. The van der Waals surface area contributed by atoms with E-state index in [1.165, 1.54) is 17.6 Å². The highest BCUT2D eigenvalue weighted by Crippen LogP contribution is 2.37. The number of carbonyl (C=O) groups is 2. The van der Waals surface area contributed by atoms with E-state index in [1.54, 1.807) is 0 Å². The van der Waals surface area contributed by atoms with E-state index in [-0.39, 0.29) is 11.8 Å². The minimum absolute atomic E-state index is 0.153. The molecule has 38 heavy (non-hydrogen) atoms. The minimum atomic E-state index is -0.639. The Morgan fingerprint density at radius 1 is 0.974 bits per heavy atom. The fourth-order valence-corrected chi connectivity index (χ4v) is 7.08. The number of fused-ring (bicyclic) bond motifs is 1. The summed E-state index contributed by atoms with van der Waals surface area (Å²) in [6.07, 6.45) is 12.8. The molecule has 4 fully saturated rings. The molecule has 0 radical (unpaired) electrons. The topological polar surface area (TPSA) is 77.0 Å². The smallest absolute Gasteiger partial charge is 0.256 e. The molecule has 3 atom stereocenters. The van der Waals surface area contributed by atoms with Crippen molar-refractivity contribution in [2.75, 3.05) is 45.8 Å². The van der Waals surface area contributed by atoms with Gasteiger partial charge in [0.15, 0.2) is 0 Å². The first-order valence-corrected chi connectivity index (χ1v) is 14.7. The van der Waals surface area contributed by atoms with E-state index in [0.717, 1.165) is 82.8 Å². The Hall–Kier alpha value is -2.77. The van der Waals surface area contributed by atoms with E-state index < -0.39 is 5.54 Å². The first-order chi connectivity index (χ1) is 18.6. The van der Waals surface area contributed by atoms with Gasteiger partial charge in [-0.3, -0.25) is 19.5 Å². The summed E-state index contributed by atoms with van der Waals surface area (Å²) in [4.78, 5) is 35.7. The number of nitrogens with one attached hydrogen (secondary N) is 2. The molecule has 0 aromatic heterocycles. The summed E-state index contributed by atoms with van der Waals surface area (Å²) in [5.74, 6) is 3.07. The fourth-order valence-electron chi connectivity index (χ4n) is 7.08. The molecule has 2 N–H and O–H groups in total. The van der Waals surface area contributed by atoms with Crippen molar-refractivity contribution in [3.8, 4) is 0 Å². The molecular formula is C31H39N5O2. The molecule has 2 amide bonds. The zero-order valence-electron chi connectivity index (χ0n) is 22.2. The largest absolute Gasteiger partial charge is 0.342 e. The number of hydrogen-bond donors (Lipinski definition) is 2. The average molecular weight is 514 g/mol. The Morgan fingerprint density at radius 2 is 1.76 bits per heavy atom. The Kier molecular flexibility index (Phi) is 6.24. The standard InChI is InChI=1S/C31H39N5O2/c37-29(24-5-6-24)35-16-10-21(19-35)20-36-28(34-31(30(36)38)11-14-32-15-12-31)23-3-1-22(2-4-23)25-7-8-27-18-33-13-9-26(27)17-25/h1-4,7-8,17,21,24,26-27,32-33H,5-6,9-16,18-20H2/t21-,26-,27+/m1/s1. The van der Waals surface area contributed by atoms with Gasteiger partial charge in [-0.05, 0) is 87.0 Å². The molecule has 1 aromatic carbocycles. The Labute approximate surface area is 225 Å². The first-order valence-electron chi connectivity index (χ1n) is 14.7. The zero-order chi connectivity index (χ0) is 25.7. The van der Waals surface area contributed by atoms with Crippen LogP contribution in [0.2, 0.25) is 0 Å². The van der Waals surface area contributed by atoms with Crippen LogP contribution in [0.15, 0.2) is 47.5 Å². The third kappa shape index (κ3) is 4.43. The van der Waals surface area contributed by atoms with E-state index in [1.807, 2.05) is 9.80 Å². The highest BCUT2D eigenvalue weighted by molar-refractivity contribution is 6.15. The molecule has 200 valence electrons. The summed E-state index contributed by atoms with van der Waals surface area (Å²) in [5, 5.41) is 6.90. The highest BCUT2D eigenvalue weighted by atomic mass is 16.2. The van der Waals surface area contributed by atoms with Crippen LogP contribution in [0, 0.1) is 23.7 Å². The lowest BCUT2D eigenvalue weighted by Crippen LogP contribution is -2.50. The van der Waals surface area contributed by atoms with Crippen LogP contribution in [0.1, 0.15) is 49.7 Å². The molecule has 1 aromatic rings. The van der Waals surface area contributed by atoms with Gasteiger partial charge in [-0.15, -0.1) is 0 Å². The Morgan fingerprint density at radius 3 is 2.55 bits per heavy atom. The molecule has 4 heterocycles. The number of rotatable bonds is 5. The van der Waals surface area contributed by atoms with E-state index in [0.29, 0.717) is 30.2 Å². The summed E-state index contributed by atoms with van der Waals surface area (Å²) in [5.41, 5.74) is 2.89. The number of benzene rings is 1. The van der Waals surface area contributed by atoms with Gasteiger partial charge in [0.2, 0.25) is 5.91 Å². The second-order valence-corrected chi connectivity index (χ2v) is 12.2. The SMILES string of the molecule is O=C(C1CC1)N1CC[C@@H](CN2C(=O)C3(CCNCC3)N=C2c2ccc(C3=C[C@H]4CCNC[C@@H]4C=C3)cc2)C1. The fraction of sp³-hybridized carbons (Fsp3) is 0.581. The average Bonchev–Trinajstić information content (AvgIpc) is 3.66. The predicted octanol–water partition coefficient (Wildman–Crippen LogP) is 2.84. The lowest BCUT2D eigenvalue weighted by Gasteiger charge is -2.31. The summed E-state index contributed by atoms with van der Waals surface area (Å²) < 4.78 is 0. The van der Waals surface area contributed by atoms with Gasteiger partial charge in [0.1, 0.15) is 11.4 Å².